The fourth-order valence-corrected chi connectivity index (χ4v) is 3.06. The Morgan fingerprint density at radius 2 is 2.07 bits per heavy atom. The second kappa shape index (κ2) is 4.90. The van der Waals surface area contributed by atoms with Crippen LogP contribution in [0.2, 0.25) is 0 Å². The summed E-state index contributed by atoms with van der Waals surface area (Å²) in [6.07, 6.45) is 3.67. The van der Waals surface area contributed by atoms with Crippen LogP contribution < -0.4 is 5.73 Å². The number of nitrogens with two attached hydrogens (primary N) is 1. The first-order chi connectivity index (χ1) is 7.29. The van der Waals surface area contributed by atoms with Crippen molar-refractivity contribution < 1.29 is 4.21 Å². The van der Waals surface area contributed by atoms with E-state index in [4.69, 9.17) is 5.73 Å². The molecule has 0 saturated carbocycles. The lowest BCUT2D eigenvalue weighted by Crippen LogP contribution is -2.11. The molecule has 82 valence electrons. The molecule has 0 saturated heterocycles. The predicted octanol–water partition coefficient (Wildman–Crippen LogP) is 1.38. The summed E-state index contributed by atoms with van der Waals surface area (Å²) >= 11 is 0. The first-order valence-corrected chi connectivity index (χ1v) is 6.94. The van der Waals surface area contributed by atoms with E-state index in [2.05, 4.69) is 18.2 Å². The van der Waals surface area contributed by atoms with E-state index < -0.39 is 10.8 Å². The van der Waals surface area contributed by atoms with Crippen molar-refractivity contribution >= 4 is 10.8 Å². The van der Waals surface area contributed by atoms with Gasteiger partial charge < -0.3 is 5.73 Å². The molecule has 1 aliphatic carbocycles. The fourth-order valence-electron chi connectivity index (χ4n) is 2.10. The summed E-state index contributed by atoms with van der Waals surface area (Å²) in [5.41, 5.74) is 9.51. The third kappa shape index (κ3) is 2.67. The Morgan fingerprint density at radius 3 is 2.87 bits per heavy atom. The van der Waals surface area contributed by atoms with Gasteiger partial charge >= 0.3 is 0 Å². The quantitative estimate of drug-likeness (QED) is 0.838. The van der Waals surface area contributed by atoms with Crippen LogP contribution in [0.5, 0.6) is 0 Å². The van der Waals surface area contributed by atoms with Gasteiger partial charge in [-0.2, -0.15) is 0 Å². The van der Waals surface area contributed by atoms with Crippen molar-refractivity contribution in [2.24, 2.45) is 5.73 Å². The Hall–Kier alpha value is -0.670. The van der Waals surface area contributed by atoms with Gasteiger partial charge in [0.25, 0.3) is 0 Å². The molecular formula is C12H17NOS. The van der Waals surface area contributed by atoms with E-state index in [9.17, 15) is 4.21 Å². The molecule has 0 radical (unpaired) electrons. The van der Waals surface area contributed by atoms with Crippen molar-refractivity contribution in [3.05, 3.63) is 34.9 Å². The highest BCUT2D eigenvalue weighted by Gasteiger charge is 2.11. The molecule has 2 rings (SSSR count). The minimum Gasteiger partial charge on any atom is -0.330 e. The van der Waals surface area contributed by atoms with Gasteiger partial charge in [-0.1, -0.05) is 18.2 Å². The predicted molar refractivity (Wildman–Crippen MR) is 64.2 cm³/mol. The SMILES string of the molecule is NCCS(=O)Cc1ccc2c(c1)CCC2. The van der Waals surface area contributed by atoms with E-state index in [0.717, 1.165) is 0 Å². The summed E-state index contributed by atoms with van der Waals surface area (Å²) in [5.74, 6) is 1.27. The van der Waals surface area contributed by atoms with Crippen molar-refractivity contribution in [1.82, 2.24) is 0 Å². The van der Waals surface area contributed by atoms with Gasteiger partial charge in [0.05, 0.1) is 0 Å². The Bertz CT molecular complexity index is 376. The number of aryl methyl sites for hydroxylation is 2. The largest absolute Gasteiger partial charge is 0.330 e. The van der Waals surface area contributed by atoms with Gasteiger partial charge in [0, 0.05) is 28.9 Å². The van der Waals surface area contributed by atoms with Crippen LogP contribution in [-0.2, 0) is 29.4 Å². The van der Waals surface area contributed by atoms with Crippen LogP contribution in [-0.4, -0.2) is 16.5 Å². The van der Waals surface area contributed by atoms with Gasteiger partial charge in [-0.3, -0.25) is 4.21 Å². The average molecular weight is 223 g/mol. The molecule has 2 nitrogen and oxygen atoms in total. The maximum absolute atomic E-state index is 11.5. The molecule has 2 N–H and O–H groups in total. The third-order valence-corrected chi connectivity index (χ3v) is 4.18. The van der Waals surface area contributed by atoms with Crippen LogP contribution in [0.15, 0.2) is 18.2 Å². The zero-order chi connectivity index (χ0) is 10.7. The van der Waals surface area contributed by atoms with Crippen LogP contribution in [0.25, 0.3) is 0 Å². The van der Waals surface area contributed by atoms with Gasteiger partial charge in [0.15, 0.2) is 0 Å². The minimum atomic E-state index is -0.792. The van der Waals surface area contributed by atoms with Gasteiger partial charge in [0.2, 0.25) is 0 Å². The molecule has 1 unspecified atom stereocenters. The van der Waals surface area contributed by atoms with Crippen molar-refractivity contribution in [3.63, 3.8) is 0 Å². The topological polar surface area (TPSA) is 43.1 Å². The average Bonchev–Trinajstić information content (AvgIpc) is 2.65. The highest BCUT2D eigenvalue weighted by molar-refractivity contribution is 7.84. The van der Waals surface area contributed by atoms with E-state index in [1.807, 2.05) is 0 Å². The maximum Gasteiger partial charge on any atom is 0.0486 e. The van der Waals surface area contributed by atoms with Gasteiger partial charge in [0.1, 0.15) is 0 Å². The number of hydrogen-bond acceptors (Lipinski definition) is 2. The Labute approximate surface area is 93.3 Å². The van der Waals surface area contributed by atoms with Crippen molar-refractivity contribution in [1.29, 1.82) is 0 Å². The van der Waals surface area contributed by atoms with Gasteiger partial charge in [-0.05, 0) is 36.0 Å². The Morgan fingerprint density at radius 1 is 1.27 bits per heavy atom. The van der Waals surface area contributed by atoms with Crippen LogP contribution in [0.4, 0.5) is 0 Å². The van der Waals surface area contributed by atoms with Crippen LogP contribution in [0.1, 0.15) is 23.1 Å². The smallest absolute Gasteiger partial charge is 0.0486 e. The number of fused-ring (bicyclic) bond motifs is 1. The summed E-state index contributed by atoms with van der Waals surface area (Å²) in [6, 6.07) is 6.52. The lowest BCUT2D eigenvalue weighted by molar-refractivity contribution is 0.682. The monoisotopic (exact) mass is 223 g/mol. The summed E-state index contributed by atoms with van der Waals surface area (Å²) in [4.78, 5) is 0. The van der Waals surface area contributed by atoms with E-state index in [-0.39, 0.29) is 0 Å². The van der Waals surface area contributed by atoms with E-state index in [0.29, 0.717) is 18.1 Å². The Kier molecular flexibility index (Phi) is 3.54. The molecule has 0 bridgehead atoms. The van der Waals surface area contributed by atoms with Crippen molar-refractivity contribution in [2.45, 2.75) is 25.0 Å². The van der Waals surface area contributed by atoms with E-state index >= 15 is 0 Å². The molecule has 1 atom stereocenters. The molecule has 3 heteroatoms. The first-order valence-electron chi connectivity index (χ1n) is 5.45. The lowest BCUT2D eigenvalue weighted by atomic mass is 10.1. The molecule has 0 fully saturated rings. The summed E-state index contributed by atoms with van der Waals surface area (Å²) in [7, 11) is -0.792. The first kappa shape index (κ1) is 10.8. The fraction of sp³-hybridized carbons (Fsp3) is 0.500. The molecule has 0 spiro atoms. The van der Waals surface area contributed by atoms with Crippen molar-refractivity contribution in [2.75, 3.05) is 12.3 Å². The number of benzene rings is 1. The molecule has 15 heavy (non-hydrogen) atoms. The second-order valence-electron chi connectivity index (χ2n) is 4.03. The molecule has 0 aliphatic heterocycles. The molecule has 1 aromatic rings. The van der Waals surface area contributed by atoms with E-state index in [1.165, 1.54) is 36.0 Å². The van der Waals surface area contributed by atoms with Crippen LogP contribution in [0, 0.1) is 0 Å². The summed E-state index contributed by atoms with van der Waals surface area (Å²) in [5, 5.41) is 0. The minimum absolute atomic E-state index is 0.511. The highest BCUT2D eigenvalue weighted by atomic mass is 32.2. The maximum atomic E-state index is 11.5. The molecule has 0 aromatic heterocycles. The van der Waals surface area contributed by atoms with Crippen molar-refractivity contribution in [3.8, 4) is 0 Å². The summed E-state index contributed by atoms with van der Waals surface area (Å²) in [6.45, 7) is 0.511. The number of rotatable bonds is 4. The van der Waals surface area contributed by atoms with Gasteiger partial charge in [-0.25, -0.2) is 0 Å². The van der Waals surface area contributed by atoms with Crippen LogP contribution in [0.3, 0.4) is 0 Å². The zero-order valence-electron chi connectivity index (χ0n) is 8.87. The lowest BCUT2D eigenvalue weighted by Gasteiger charge is -2.04. The second-order valence-corrected chi connectivity index (χ2v) is 5.61. The zero-order valence-corrected chi connectivity index (χ0v) is 9.69. The molecule has 0 amide bonds. The molecule has 1 aromatic carbocycles. The van der Waals surface area contributed by atoms with E-state index in [1.54, 1.807) is 0 Å². The highest BCUT2D eigenvalue weighted by Crippen LogP contribution is 2.23. The van der Waals surface area contributed by atoms with Crippen LogP contribution >= 0.6 is 0 Å². The normalized spacial score (nSPS) is 16.3. The Balaban J connectivity index is 2.06. The molecule has 0 heterocycles. The number of hydrogen-bond donors (Lipinski definition) is 1. The molecule has 1 aliphatic rings. The standard InChI is InChI=1S/C12H17NOS/c13-6-7-15(14)9-10-4-5-11-2-1-3-12(11)8-10/h4-5,8H,1-3,6-7,9,13H2. The summed E-state index contributed by atoms with van der Waals surface area (Å²) < 4.78 is 11.5. The molecular weight excluding hydrogens is 206 g/mol. The van der Waals surface area contributed by atoms with Gasteiger partial charge in [-0.15, -0.1) is 0 Å². The third-order valence-electron chi connectivity index (χ3n) is 2.84.